The van der Waals surface area contributed by atoms with Crippen LogP contribution < -0.4 is 0 Å². The van der Waals surface area contributed by atoms with E-state index in [1.807, 2.05) is 57.2 Å². The number of aromatic nitrogens is 2. The predicted molar refractivity (Wildman–Crippen MR) is 235 cm³/mol. The van der Waals surface area contributed by atoms with Crippen LogP contribution in [0.3, 0.4) is 0 Å². The van der Waals surface area contributed by atoms with Crippen molar-refractivity contribution in [2.24, 2.45) is 5.41 Å². The second kappa shape index (κ2) is 12.7. The Labute approximate surface area is 330 Å². The van der Waals surface area contributed by atoms with E-state index in [2.05, 4.69) is 123 Å². The number of para-hydroxylation sites is 2. The monoisotopic (exact) mass is 732 g/mol. The third-order valence-electron chi connectivity index (χ3n) is 11.1. The molecule has 0 amide bonds. The van der Waals surface area contributed by atoms with E-state index in [0.29, 0.717) is 5.56 Å². The molecule has 4 nitrogen and oxygen atoms in total. The summed E-state index contributed by atoms with van der Waals surface area (Å²) < 4.78 is 33.8. The van der Waals surface area contributed by atoms with Crippen molar-refractivity contribution in [3.63, 3.8) is 0 Å². The topological polar surface area (TPSA) is 44.1 Å². The SMILES string of the molecule is [2H]C([2H])(c1ccc2cc3nc(-c4cccc5c4oc4cc6c(cc45)oc4ccccc46)n(-c4c(C(C)C)cc(-c5ccccc5)cc4C(C)C)c3cc2c1)C(C)(C)C. The molecule has 0 aliphatic heterocycles. The Balaban J connectivity index is 1.30. The van der Waals surface area contributed by atoms with Crippen LogP contribution in [0.25, 0.3) is 93.9 Å². The molecule has 0 fully saturated rings. The first-order valence-electron chi connectivity index (χ1n) is 20.8. The van der Waals surface area contributed by atoms with E-state index >= 15 is 0 Å². The van der Waals surface area contributed by atoms with Gasteiger partial charge >= 0.3 is 0 Å². The van der Waals surface area contributed by atoms with E-state index in [0.717, 1.165) is 82.8 Å². The number of imidazole rings is 1. The predicted octanol–water partition coefficient (Wildman–Crippen LogP) is 15.1. The minimum Gasteiger partial charge on any atom is -0.456 e. The summed E-state index contributed by atoms with van der Waals surface area (Å²) in [6, 6.07) is 44.4. The molecule has 7 aromatic carbocycles. The Morgan fingerprint density at radius 2 is 1.29 bits per heavy atom. The van der Waals surface area contributed by atoms with E-state index in [-0.39, 0.29) is 11.8 Å². The molecule has 56 heavy (non-hydrogen) atoms. The smallest absolute Gasteiger partial charge is 0.149 e. The van der Waals surface area contributed by atoms with E-state index in [1.165, 1.54) is 22.3 Å². The van der Waals surface area contributed by atoms with Gasteiger partial charge in [-0.05, 0) is 111 Å². The molecule has 0 saturated heterocycles. The lowest BCUT2D eigenvalue weighted by Crippen LogP contribution is -2.09. The van der Waals surface area contributed by atoms with Crippen molar-refractivity contribution in [3.8, 4) is 28.2 Å². The summed E-state index contributed by atoms with van der Waals surface area (Å²) in [5.41, 5.74) is 12.0. The van der Waals surface area contributed by atoms with Crippen LogP contribution in [0.15, 0.2) is 136 Å². The molecule has 3 heterocycles. The minimum atomic E-state index is -1.53. The Hall–Kier alpha value is -6.13. The summed E-state index contributed by atoms with van der Waals surface area (Å²) in [6.45, 7) is 15.0. The number of hydrogen-bond donors (Lipinski definition) is 0. The summed E-state index contributed by atoms with van der Waals surface area (Å²) in [7, 11) is 0. The van der Waals surface area contributed by atoms with Crippen molar-refractivity contribution in [2.45, 2.75) is 66.7 Å². The minimum absolute atomic E-state index is 0.194. The van der Waals surface area contributed by atoms with Gasteiger partial charge < -0.3 is 8.83 Å². The molecule has 276 valence electrons. The number of nitrogens with zero attached hydrogens (tertiary/aromatic N) is 2. The average molecular weight is 733 g/mol. The Morgan fingerprint density at radius 3 is 2.02 bits per heavy atom. The fourth-order valence-electron chi connectivity index (χ4n) is 8.55. The van der Waals surface area contributed by atoms with Crippen LogP contribution in [0.4, 0.5) is 0 Å². The first-order chi connectivity index (χ1) is 27.8. The second-order valence-corrected chi connectivity index (χ2v) is 17.0. The van der Waals surface area contributed by atoms with Gasteiger partial charge in [-0.3, -0.25) is 4.57 Å². The lowest BCUT2D eigenvalue weighted by molar-refractivity contribution is 0.411. The molecule has 0 unspecified atom stereocenters. The molecule has 0 saturated carbocycles. The maximum atomic E-state index is 9.12. The highest BCUT2D eigenvalue weighted by molar-refractivity contribution is 6.16. The van der Waals surface area contributed by atoms with Gasteiger partial charge in [0.15, 0.2) is 0 Å². The molecule has 0 aliphatic rings. The maximum Gasteiger partial charge on any atom is 0.149 e. The Bertz CT molecular complexity index is 3220. The fraction of sp³-hybridized carbons (Fsp3) is 0.212. The van der Waals surface area contributed by atoms with Crippen molar-refractivity contribution < 1.29 is 11.6 Å². The van der Waals surface area contributed by atoms with Crippen LogP contribution in [0.1, 0.15) is 79.7 Å². The van der Waals surface area contributed by atoms with Gasteiger partial charge in [-0.15, -0.1) is 0 Å². The van der Waals surface area contributed by atoms with E-state index in [9.17, 15) is 0 Å². The van der Waals surface area contributed by atoms with Crippen LogP contribution in [0.2, 0.25) is 0 Å². The van der Waals surface area contributed by atoms with E-state index in [4.69, 9.17) is 16.6 Å². The molecule has 3 aromatic heterocycles. The Morgan fingerprint density at radius 1 is 0.607 bits per heavy atom. The van der Waals surface area contributed by atoms with Gasteiger partial charge in [0.1, 0.15) is 28.2 Å². The normalized spacial score (nSPS) is 13.4. The largest absolute Gasteiger partial charge is 0.456 e. The second-order valence-electron chi connectivity index (χ2n) is 17.0. The number of benzene rings is 7. The molecule has 0 bridgehead atoms. The zero-order valence-electron chi connectivity index (χ0n) is 35.0. The quantitative estimate of drug-likeness (QED) is 0.171. The van der Waals surface area contributed by atoms with Crippen LogP contribution in [0.5, 0.6) is 0 Å². The lowest BCUT2D eigenvalue weighted by atomic mass is 9.87. The summed E-state index contributed by atoms with van der Waals surface area (Å²) in [6.07, 6.45) is -1.53. The van der Waals surface area contributed by atoms with Gasteiger partial charge in [0.05, 0.1) is 22.3 Å². The van der Waals surface area contributed by atoms with Crippen molar-refractivity contribution in [3.05, 3.63) is 144 Å². The van der Waals surface area contributed by atoms with E-state index < -0.39 is 11.8 Å². The molecule has 10 aromatic rings. The van der Waals surface area contributed by atoms with Gasteiger partial charge in [0.2, 0.25) is 0 Å². The zero-order chi connectivity index (χ0) is 40.2. The highest BCUT2D eigenvalue weighted by atomic mass is 16.3. The van der Waals surface area contributed by atoms with Gasteiger partial charge in [0, 0.05) is 24.3 Å². The van der Waals surface area contributed by atoms with Crippen LogP contribution >= 0.6 is 0 Å². The van der Waals surface area contributed by atoms with Gasteiger partial charge in [-0.1, -0.05) is 127 Å². The highest BCUT2D eigenvalue weighted by Crippen LogP contribution is 2.44. The lowest BCUT2D eigenvalue weighted by Gasteiger charge is -2.24. The summed E-state index contributed by atoms with van der Waals surface area (Å²) >= 11 is 0. The molecule has 0 aliphatic carbocycles. The number of fused-ring (bicyclic) bond motifs is 8. The summed E-state index contributed by atoms with van der Waals surface area (Å²) in [4.78, 5) is 5.52. The molecule has 0 N–H and O–H groups in total. The molecule has 0 atom stereocenters. The fourth-order valence-corrected chi connectivity index (χ4v) is 8.55. The van der Waals surface area contributed by atoms with Crippen molar-refractivity contribution in [1.82, 2.24) is 9.55 Å². The number of hydrogen-bond acceptors (Lipinski definition) is 3. The third-order valence-corrected chi connectivity index (χ3v) is 11.1. The van der Waals surface area contributed by atoms with Crippen LogP contribution in [0, 0.1) is 5.41 Å². The summed E-state index contributed by atoms with van der Waals surface area (Å²) in [5.74, 6) is 1.19. The first kappa shape index (κ1) is 32.1. The maximum absolute atomic E-state index is 9.12. The highest BCUT2D eigenvalue weighted by Gasteiger charge is 2.26. The molecular formula is C52H46N2O2. The van der Waals surface area contributed by atoms with Crippen molar-refractivity contribution in [2.75, 3.05) is 0 Å². The molecule has 0 radical (unpaired) electrons. The average Bonchev–Trinajstić information content (AvgIpc) is 3.88. The molecule has 4 heteroatoms. The van der Waals surface area contributed by atoms with Crippen LogP contribution in [-0.2, 0) is 6.37 Å². The first-order valence-corrected chi connectivity index (χ1v) is 19.8. The van der Waals surface area contributed by atoms with E-state index in [1.54, 1.807) is 0 Å². The number of rotatable bonds is 6. The van der Waals surface area contributed by atoms with Gasteiger partial charge in [0.25, 0.3) is 0 Å². The molecule has 0 spiro atoms. The standard InChI is InChI=1S/C52H46N2O2/c1-30(2)40-23-36(33-14-9-8-10-15-33)24-41(31(3)4)49(40)54-45-26-35-22-32(29-52(5,6)7)20-21-34(35)25-44(45)53-51(54)39-18-13-17-38-43-28-47-42(27-48(43)56-50(38)39)37-16-11-12-19-46(37)55-47/h8-28,30-31H,29H2,1-7H3/i29D2. The van der Waals surface area contributed by atoms with Crippen LogP contribution in [-0.4, -0.2) is 9.55 Å². The van der Waals surface area contributed by atoms with Crippen molar-refractivity contribution in [1.29, 1.82) is 0 Å². The Kier molecular flexibility index (Phi) is 7.30. The van der Waals surface area contributed by atoms with Crippen molar-refractivity contribution >= 4 is 65.7 Å². The zero-order valence-corrected chi connectivity index (χ0v) is 33.0. The van der Waals surface area contributed by atoms with Gasteiger partial charge in [-0.2, -0.15) is 0 Å². The number of furan rings is 2. The van der Waals surface area contributed by atoms with Gasteiger partial charge in [-0.25, -0.2) is 4.98 Å². The molecule has 10 rings (SSSR count). The molecular weight excluding hydrogens is 685 g/mol. The third kappa shape index (κ3) is 5.61. The summed E-state index contributed by atoms with van der Waals surface area (Å²) in [5, 5.41) is 6.08.